The smallest absolute Gasteiger partial charge is 0.162 e. The third kappa shape index (κ3) is 3.70. The number of hydrogen-bond acceptors (Lipinski definition) is 7. The Kier molecular flexibility index (Phi) is 4.99. The first-order valence-corrected chi connectivity index (χ1v) is 12.1. The van der Waals surface area contributed by atoms with E-state index in [1.807, 2.05) is 48.9 Å². The van der Waals surface area contributed by atoms with Gasteiger partial charge in [0, 0.05) is 54.2 Å². The topological polar surface area (TPSA) is 112 Å². The minimum atomic E-state index is 0.616. The third-order valence-electron chi connectivity index (χ3n) is 6.68. The number of aromatic nitrogens is 8. The van der Waals surface area contributed by atoms with Crippen molar-refractivity contribution in [1.82, 2.24) is 45.0 Å². The zero-order chi connectivity index (χ0) is 23.9. The fraction of sp³-hybridized carbons (Fsp3) is 0.185. The molecule has 0 unspecified atom stereocenters. The molecule has 1 aliphatic heterocycles. The second-order valence-corrected chi connectivity index (χ2v) is 9.11. The molecule has 0 atom stereocenters. The Hall–Kier alpha value is -4.50. The molecule has 6 aromatic rings. The van der Waals surface area contributed by atoms with E-state index in [0.29, 0.717) is 17.2 Å². The fourth-order valence-corrected chi connectivity index (χ4v) is 4.92. The maximum absolute atomic E-state index is 4.97. The molecular weight excluding hydrogens is 450 g/mol. The number of H-pyrrole nitrogens is 2. The number of fused-ring (bicyclic) bond motifs is 2. The maximum Gasteiger partial charge on any atom is 0.162 e. The van der Waals surface area contributed by atoms with Gasteiger partial charge in [0.25, 0.3) is 0 Å². The van der Waals surface area contributed by atoms with Crippen LogP contribution >= 0.6 is 0 Å². The predicted octanol–water partition coefficient (Wildman–Crippen LogP) is 4.62. The van der Waals surface area contributed by atoms with Gasteiger partial charge < -0.3 is 4.98 Å². The molecule has 1 fully saturated rings. The van der Waals surface area contributed by atoms with Crippen LogP contribution in [-0.2, 0) is 6.54 Å². The Morgan fingerprint density at radius 3 is 2.67 bits per heavy atom. The van der Waals surface area contributed by atoms with Crippen LogP contribution in [0.3, 0.4) is 0 Å². The largest absolute Gasteiger partial charge is 0.321 e. The van der Waals surface area contributed by atoms with Gasteiger partial charge >= 0.3 is 0 Å². The summed E-state index contributed by atoms with van der Waals surface area (Å²) in [7, 11) is 0. The standard InChI is InChI=1S/C27H23N9/c1-2-11-36(10-1)16-17-12-19(15-29-13-17)21-5-6-22-24(31-21)25(35-34-22)27-32-23-20(7-9-30-26(23)33-27)18-4-3-8-28-14-18/h3-9,12-15H,1-2,10-11,16H2,(H,34,35)(H,30,32,33). The first-order valence-electron chi connectivity index (χ1n) is 12.1. The molecule has 1 aliphatic rings. The highest BCUT2D eigenvalue weighted by atomic mass is 15.2. The lowest BCUT2D eigenvalue weighted by Gasteiger charge is -2.14. The van der Waals surface area contributed by atoms with Crippen LogP contribution < -0.4 is 0 Å². The Morgan fingerprint density at radius 1 is 0.861 bits per heavy atom. The summed E-state index contributed by atoms with van der Waals surface area (Å²) < 4.78 is 0. The van der Waals surface area contributed by atoms with E-state index in [-0.39, 0.29) is 0 Å². The summed E-state index contributed by atoms with van der Waals surface area (Å²) in [5, 5.41) is 7.63. The van der Waals surface area contributed by atoms with Gasteiger partial charge in [0.15, 0.2) is 17.2 Å². The minimum absolute atomic E-state index is 0.616. The molecule has 176 valence electrons. The minimum Gasteiger partial charge on any atom is -0.321 e. The Balaban J connectivity index is 1.28. The van der Waals surface area contributed by atoms with E-state index in [1.54, 1.807) is 12.4 Å². The average molecular weight is 474 g/mol. The van der Waals surface area contributed by atoms with Crippen molar-refractivity contribution < 1.29 is 0 Å². The molecule has 9 heteroatoms. The molecule has 1 saturated heterocycles. The molecule has 0 aromatic carbocycles. The number of likely N-dealkylation sites (tertiary alicyclic amines) is 1. The molecule has 6 aromatic heterocycles. The van der Waals surface area contributed by atoms with Gasteiger partial charge in [-0.15, -0.1) is 0 Å². The molecule has 0 radical (unpaired) electrons. The third-order valence-corrected chi connectivity index (χ3v) is 6.68. The van der Waals surface area contributed by atoms with Crippen molar-refractivity contribution >= 4 is 22.2 Å². The lowest BCUT2D eigenvalue weighted by atomic mass is 10.1. The van der Waals surface area contributed by atoms with Crippen LogP contribution in [0.15, 0.2) is 67.4 Å². The lowest BCUT2D eigenvalue weighted by molar-refractivity contribution is 0.331. The molecule has 7 rings (SSSR count). The van der Waals surface area contributed by atoms with E-state index >= 15 is 0 Å². The van der Waals surface area contributed by atoms with Crippen molar-refractivity contribution in [3.05, 3.63) is 72.9 Å². The molecular formula is C27H23N9. The van der Waals surface area contributed by atoms with Gasteiger partial charge in [0.1, 0.15) is 11.0 Å². The van der Waals surface area contributed by atoms with E-state index in [2.05, 4.69) is 41.1 Å². The van der Waals surface area contributed by atoms with Crippen LogP contribution in [-0.4, -0.2) is 58.1 Å². The van der Waals surface area contributed by atoms with Crippen LogP contribution in [0.5, 0.6) is 0 Å². The second-order valence-electron chi connectivity index (χ2n) is 9.11. The van der Waals surface area contributed by atoms with Crippen LogP contribution in [0.25, 0.3) is 56.1 Å². The molecule has 9 nitrogen and oxygen atoms in total. The van der Waals surface area contributed by atoms with E-state index < -0.39 is 0 Å². The number of pyridine rings is 4. The first kappa shape index (κ1) is 20.8. The van der Waals surface area contributed by atoms with E-state index in [0.717, 1.165) is 58.6 Å². The number of nitrogens with zero attached hydrogens (tertiary/aromatic N) is 7. The van der Waals surface area contributed by atoms with Crippen molar-refractivity contribution in [2.24, 2.45) is 0 Å². The van der Waals surface area contributed by atoms with Crippen molar-refractivity contribution in [3.8, 4) is 33.9 Å². The van der Waals surface area contributed by atoms with Crippen molar-refractivity contribution in [1.29, 1.82) is 0 Å². The summed E-state index contributed by atoms with van der Waals surface area (Å²) in [6.07, 6.45) is 11.7. The van der Waals surface area contributed by atoms with Crippen LogP contribution in [0.4, 0.5) is 0 Å². The molecule has 0 aliphatic carbocycles. The Morgan fingerprint density at radius 2 is 1.78 bits per heavy atom. The van der Waals surface area contributed by atoms with Gasteiger partial charge in [-0.05, 0) is 61.8 Å². The fourth-order valence-electron chi connectivity index (χ4n) is 4.92. The molecule has 0 saturated carbocycles. The monoisotopic (exact) mass is 473 g/mol. The number of imidazole rings is 1. The molecule has 36 heavy (non-hydrogen) atoms. The van der Waals surface area contributed by atoms with Gasteiger partial charge in [0.05, 0.1) is 11.2 Å². The zero-order valence-electron chi connectivity index (χ0n) is 19.5. The van der Waals surface area contributed by atoms with Gasteiger partial charge in [0.2, 0.25) is 0 Å². The van der Waals surface area contributed by atoms with E-state index in [9.17, 15) is 0 Å². The van der Waals surface area contributed by atoms with Crippen molar-refractivity contribution in [2.75, 3.05) is 13.1 Å². The van der Waals surface area contributed by atoms with Gasteiger partial charge in [-0.2, -0.15) is 5.10 Å². The molecule has 0 bridgehead atoms. The molecule has 2 N–H and O–H groups in total. The average Bonchev–Trinajstić information content (AvgIpc) is 3.68. The molecule has 0 spiro atoms. The van der Waals surface area contributed by atoms with Gasteiger partial charge in [-0.25, -0.2) is 15.0 Å². The van der Waals surface area contributed by atoms with E-state index in [4.69, 9.17) is 9.97 Å². The second kappa shape index (κ2) is 8.62. The summed E-state index contributed by atoms with van der Waals surface area (Å²) in [6, 6.07) is 12.1. The summed E-state index contributed by atoms with van der Waals surface area (Å²) in [5.74, 6) is 0.616. The van der Waals surface area contributed by atoms with Crippen molar-refractivity contribution in [2.45, 2.75) is 19.4 Å². The predicted molar refractivity (Wildman–Crippen MR) is 138 cm³/mol. The van der Waals surface area contributed by atoms with Crippen LogP contribution in [0, 0.1) is 0 Å². The Bertz CT molecular complexity index is 1680. The zero-order valence-corrected chi connectivity index (χ0v) is 19.5. The normalized spacial score (nSPS) is 14.2. The van der Waals surface area contributed by atoms with Crippen LogP contribution in [0.2, 0.25) is 0 Å². The Labute approximate surface area is 206 Å². The van der Waals surface area contributed by atoms with E-state index in [1.165, 1.54) is 18.4 Å². The summed E-state index contributed by atoms with van der Waals surface area (Å²) >= 11 is 0. The molecule has 7 heterocycles. The number of hydrogen-bond donors (Lipinski definition) is 2. The lowest BCUT2D eigenvalue weighted by Crippen LogP contribution is -2.18. The first-order chi connectivity index (χ1) is 17.8. The maximum atomic E-state index is 4.97. The number of rotatable bonds is 5. The van der Waals surface area contributed by atoms with Crippen LogP contribution in [0.1, 0.15) is 18.4 Å². The van der Waals surface area contributed by atoms with Gasteiger partial charge in [-0.1, -0.05) is 6.07 Å². The quantitative estimate of drug-likeness (QED) is 0.376. The molecule has 0 amide bonds. The van der Waals surface area contributed by atoms with Crippen molar-refractivity contribution in [3.63, 3.8) is 0 Å². The highest BCUT2D eigenvalue weighted by Gasteiger charge is 2.18. The number of aromatic amines is 2. The summed E-state index contributed by atoms with van der Waals surface area (Å²) in [6.45, 7) is 3.23. The SMILES string of the molecule is c1cncc(-c2ccnc3[nH]c(-c4n[nH]c5ccc(-c6cncc(CN7CCCC7)c6)nc45)nc23)c1. The highest BCUT2D eigenvalue weighted by Crippen LogP contribution is 2.31. The summed E-state index contributed by atoms with van der Waals surface area (Å²) in [4.78, 5) is 28.9. The summed E-state index contributed by atoms with van der Waals surface area (Å²) in [5.41, 5.74) is 8.70. The number of nitrogens with one attached hydrogen (secondary N) is 2. The van der Waals surface area contributed by atoms with Gasteiger partial charge in [-0.3, -0.25) is 20.0 Å². The highest BCUT2D eigenvalue weighted by molar-refractivity contribution is 5.94.